The SMILES string of the molecule is CC#CC(=O)c1ccccc1[N+](=O)[O-]. The summed E-state index contributed by atoms with van der Waals surface area (Å²) in [5.41, 5.74) is -0.174. The largest absolute Gasteiger partial charge is 0.281 e. The van der Waals surface area contributed by atoms with Gasteiger partial charge in [-0.15, -0.1) is 0 Å². The topological polar surface area (TPSA) is 60.2 Å². The lowest BCUT2D eigenvalue weighted by molar-refractivity contribution is -0.385. The molecule has 0 unspecified atom stereocenters. The fourth-order valence-corrected chi connectivity index (χ4v) is 1.01. The molecule has 70 valence electrons. The molecule has 0 aliphatic carbocycles. The van der Waals surface area contributed by atoms with E-state index < -0.39 is 10.7 Å². The van der Waals surface area contributed by atoms with Gasteiger partial charge in [-0.25, -0.2) is 0 Å². The van der Waals surface area contributed by atoms with E-state index in [1.165, 1.54) is 25.1 Å². The maximum absolute atomic E-state index is 11.3. The van der Waals surface area contributed by atoms with E-state index in [1.807, 2.05) is 0 Å². The van der Waals surface area contributed by atoms with Crippen molar-refractivity contribution in [3.05, 3.63) is 39.9 Å². The molecule has 0 saturated carbocycles. The summed E-state index contributed by atoms with van der Waals surface area (Å²) in [5, 5.41) is 10.5. The highest BCUT2D eigenvalue weighted by Gasteiger charge is 2.16. The molecule has 0 aliphatic rings. The first-order chi connectivity index (χ1) is 6.66. The van der Waals surface area contributed by atoms with E-state index in [4.69, 9.17) is 0 Å². The number of nitro benzene ring substituents is 1. The summed E-state index contributed by atoms with van der Waals surface area (Å²) in [6.45, 7) is 1.51. The van der Waals surface area contributed by atoms with Gasteiger partial charge >= 0.3 is 0 Å². The van der Waals surface area contributed by atoms with E-state index in [0.29, 0.717) is 0 Å². The minimum absolute atomic E-state index is 0.0341. The summed E-state index contributed by atoms with van der Waals surface area (Å²) >= 11 is 0. The van der Waals surface area contributed by atoms with Crippen LogP contribution < -0.4 is 0 Å². The van der Waals surface area contributed by atoms with Crippen molar-refractivity contribution in [3.8, 4) is 11.8 Å². The van der Waals surface area contributed by atoms with Crippen molar-refractivity contribution in [2.75, 3.05) is 0 Å². The average molecular weight is 189 g/mol. The number of hydrogen-bond acceptors (Lipinski definition) is 3. The van der Waals surface area contributed by atoms with Crippen LogP contribution in [0.1, 0.15) is 17.3 Å². The molecule has 0 aromatic heterocycles. The molecule has 1 aromatic carbocycles. The number of rotatable bonds is 2. The van der Waals surface area contributed by atoms with Crippen molar-refractivity contribution in [1.82, 2.24) is 0 Å². The second kappa shape index (κ2) is 4.19. The standard InChI is InChI=1S/C10H7NO3/c1-2-5-10(12)8-6-3-4-7-9(8)11(13)14/h3-4,6-7H,1H3. The van der Waals surface area contributed by atoms with E-state index in [1.54, 1.807) is 6.07 Å². The Bertz CT molecular complexity index is 440. The number of ketones is 1. The fraction of sp³-hybridized carbons (Fsp3) is 0.100. The molecule has 4 nitrogen and oxygen atoms in total. The van der Waals surface area contributed by atoms with Gasteiger partial charge in [-0.2, -0.15) is 0 Å². The van der Waals surface area contributed by atoms with Crippen LogP contribution >= 0.6 is 0 Å². The lowest BCUT2D eigenvalue weighted by Crippen LogP contribution is -2.00. The van der Waals surface area contributed by atoms with Gasteiger partial charge in [0.1, 0.15) is 5.56 Å². The van der Waals surface area contributed by atoms with Gasteiger partial charge in [-0.1, -0.05) is 18.1 Å². The monoisotopic (exact) mass is 189 g/mol. The Morgan fingerprint density at radius 2 is 2.07 bits per heavy atom. The van der Waals surface area contributed by atoms with Crippen LogP contribution in [-0.2, 0) is 0 Å². The van der Waals surface area contributed by atoms with Gasteiger partial charge in [0.2, 0.25) is 5.78 Å². The van der Waals surface area contributed by atoms with Crippen LogP contribution in [0.15, 0.2) is 24.3 Å². The van der Waals surface area contributed by atoms with Crippen molar-refractivity contribution in [1.29, 1.82) is 0 Å². The molecule has 0 heterocycles. The first-order valence-electron chi connectivity index (χ1n) is 3.87. The molecule has 0 spiro atoms. The lowest BCUT2D eigenvalue weighted by Gasteiger charge is -1.95. The lowest BCUT2D eigenvalue weighted by atomic mass is 10.1. The van der Waals surface area contributed by atoms with Crippen LogP contribution in [0.4, 0.5) is 5.69 Å². The third-order valence-corrected chi connectivity index (χ3v) is 1.58. The van der Waals surface area contributed by atoms with Crippen LogP contribution in [0.5, 0.6) is 0 Å². The molecular weight excluding hydrogens is 182 g/mol. The van der Waals surface area contributed by atoms with Gasteiger partial charge < -0.3 is 0 Å². The van der Waals surface area contributed by atoms with Crippen molar-refractivity contribution in [3.63, 3.8) is 0 Å². The zero-order valence-corrected chi connectivity index (χ0v) is 7.48. The Kier molecular flexibility index (Phi) is 2.97. The highest BCUT2D eigenvalue weighted by Crippen LogP contribution is 2.17. The quantitative estimate of drug-likeness (QED) is 0.234. The van der Waals surface area contributed by atoms with E-state index in [0.717, 1.165) is 0 Å². The first-order valence-corrected chi connectivity index (χ1v) is 3.87. The molecule has 0 atom stereocenters. The Morgan fingerprint density at radius 1 is 1.43 bits per heavy atom. The molecule has 0 aliphatic heterocycles. The minimum Gasteiger partial charge on any atom is -0.279 e. The molecule has 0 radical (unpaired) electrons. The summed E-state index contributed by atoms with van der Waals surface area (Å²) in [6.07, 6.45) is 0. The predicted octanol–water partition coefficient (Wildman–Crippen LogP) is 1.80. The molecule has 0 fully saturated rings. The Hall–Kier alpha value is -2.15. The van der Waals surface area contributed by atoms with E-state index in [-0.39, 0.29) is 11.3 Å². The molecule has 1 rings (SSSR count). The van der Waals surface area contributed by atoms with E-state index in [9.17, 15) is 14.9 Å². The summed E-state index contributed by atoms with van der Waals surface area (Å²) in [5.74, 6) is 4.15. The maximum Gasteiger partial charge on any atom is 0.281 e. The van der Waals surface area contributed by atoms with Crippen molar-refractivity contribution >= 4 is 11.5 Å². The van der Waals surface area contributed by atoms with Gasteiger partial charge in [-0.3, -0.25) is 14.9 Å². The van der Waals surface area contributed by atoms with Crippen LogP contribution in [-0.4, -0.2) is 10.7 Å². The van der Waals surface area contributed by atoms with Crippen molar-refractivity contribution < 1.29 is 9.72 Å². The normalized spacial score (nSPS) is 8.64. The highest BCUT2D eigenvalue weighted by atomic mass is 16.6. The Morgan fingerprint density at radius 3 is 2.64 bits per heavy atom. The van der Waals surface area contributed by atoms with Gasteiger partial charge in [0.15, 0.2) is 0 Å². The van der Waals surface area contributed by atoms with Crippen LogP contribution in [0.3, 0.4) is 0 Å². The van der Waals surface area contributed by atoms with Crippen molar-refractivity contribution in [2.45, 2.75) is 6.92 Å². The zero-order valence-electron chi connectivity index (χ0n) is 7.48. The van der Waals surface area contributed by atoms with E-state index in [2.05, 4.69) is 11.8 Å². The van der Waals surface area contributed by atoms with Gasteiger partial charge in [0.25, 0.3) is 5.69 Å². The third kappa shape index (κ3) is 1.96. The Balaban J connectivity index is 3.24. The molecular formula is C10H7NO3. The molecule has 14 heavy (non-hydrogen) atoms. The molecule has 0 N–H and O–H groups in total. The molecule has 1 aromatic rings. The van der Waals surface area contributed by atoms with Crippen LogP contribution in [0.25, 0.3) is 0 Å². The summed E-state index contributed by atoms with van der Waals surface area (Å²) < 4.78 is 0. The fourth-order valence-electron chi connectivity index (χ4n) is 1.01. The predicted molar refractivity (Wildman–Crippen MR) is 50.9 cm³/mol. The highest BCUT2D eigenvalue weighted by molar-refractivity contribution is 6.11. The summed E-state index contributed by atoms with van der Waals surface area (Å²) in [4.78, 5) is 21.2. The number of carbonyl (C=O) groups excluding carboxylic acids is 1. The minimum atomic E-state index is -0.593. The van der Waals surface area contributed by atoms with Gasteiger partial charge in [-0.05, 0) is 18.9 Å². The molecule has 0 bridgehead atoms. The molecule has 4 heteroatoms. The second-order valence-corrected chi connectivity index (χ2v) is 2.48. The zero-order chi connectivity index (χ0) is 10.6. The van der Waals surface area contributed by atoms with Gasteiger partial charge in [0, 0.05) is 6.07 Å². The number of Topliss-reactive ketones (excluding diaryl/α,β-unsaturated/α-hetero) is 1. The van der Waals surface area contributed by atoms with Crippen molar-refractivity contribution in [2.24, 2.45) is 0 Å². The second-order valence-electron chi connectivity index (χ2n) is 2.48. The number of carbonyl (C=O) groups is 1. The number of hydrogen-bond donors (Lipinski definition) is 0. The number of benzene rings is 1. The third-order valence-electron chi connectivity index (χ3n) is 1.58. The Labute approximate surface area is 80.7 Å². The van der Waals surface area contributed by atoms with Gasteiger partial charge in [0.05, 0.1) is 4.92 Å². The maximum atomic E-state index is 11.3. The van der Waals surface area contributed by atoms with E-state index >= 15 is 0 Å². The molecule has 0 saturated heterocycles. The molecule has 0 amide bonds. The summed E-state index contributed by atoms with van der Waals surface area (Å²) in [7, 11) is 0. The number of nitrogens with zero attached hydrogens (tertiary/aromatic N) is 1. The average Bonchev–Trinajstić information content (AvgIpc) is 2.18. The van der Waals surface area contributed by atoms with Crippen LogP contribution in [0, 0.1) is 22.0 Å². The number of para-hydroxylation sites is 1. The summed E-state index contributed by atoms with van der Waals surface area (Å²) in [6, 6.07) is 5.75. The smallest absolute Gasteiger partial charge is 0.279 e. The van der Waals surface area contributed by atoms with Crippen LogP contribution in [0.2, 0.25) is 0 Å². The first kappa shape index (κ1) is 9.93. The number of nitro groups is 1.